The fourth-order valence-electron chi connectivity index (χ4n) is 3.77. The molecule has 216 valence electrons. The van der Waals surface area contributed by atoms with Gasteiger partial charge in [0.25, 0.3) is 11.8 Å². The molecule has 0 bridgehead atoms. The molecule has 1 fully saturated rings. The number of hydrogen-bond donors (Lipinski definition) is 3. The Morgan fingerprint density at radius 1 is 1.26 bits per heavy atom. The van der Waals surface area contributed by atoms with E-state index in [0.29, 0.717) is 13.5 Å². The van der Waals surface area contributed by atoms with Crippen LogP contribution in [0.4, 0.5) is 13.2 Å². The van der Waals surface area contributed by atoms with E-state index in [4.69, 9.17) is 23.2 Å². The molecule has 0 unspecified atom stereocenters. The van der Waals surface area contributed by atoms with Crippen molar-refractivity contribution >= 4 is 56.4 Å². The van der Waals surface area contributed by atoms with Crippen molar-refractivity contribution in [2.24, 2.45) is 0 Å². The first-order valence-electron chi connectivity index (χ1n) is 11.7. The fraction of sp³-hybridized carbons (Fsp3) is 0.522. The van der Waals surface area contributed by atoms with E-state index in [-0.39, 0.29) is 38.8 Å². The molecule has 2 aromatic rings. The van der Waals surface area contributed by atoms with Crippen molar-refractivity contribution in [3.05, 3.63) is 32.9 Å². The van der Waals surface area contributed by atoms with Gasteiger partial charge in [-0.15, -0.1) is 11.3 Å². The van der Waals surface area contributed by atoms with Crippen molar-refractivity contribution in [1.29, 1.82) is 0 Å². The van der Waals surface area contributed by atoms with Crippen molar-refractivity contribution in [3.63, 3.8) is 0 Å². The van der Waals surface area contributed by atoms with Crippen LogP contribution in [-0.4, -0.2) is 72.2 Å². The average molecular weight is 632 g/mol. The Labute approximate surface area is 237 Å². The molecule has 2 atom stereocenters. The van der Waals surface area contributed by atoms with Gasteiger partial charge in [0.1, 0.15) is 16.6 Å². The van der Waals surface area contributed by atoms with Crippen LogP contribution in [0.15, 0.2) is 17.0 Å². The molecule has 3 rings (SSSR count). The summed E-state index contributed by atoms with van der Waals surface area (Å²) in [5, 5.41) is 11.4. The molecular weight excluding hydrogens is 604 g/mol. The maximum atomic E-state index is 13.5. The summed E-state index contributed by atoms with van der Waals surface area (Å²) in [5.74, 6) is -1.14. The molecule has 0 spiro atoms. The first-order valence-corrected chi connectivity index (χ1v) is 14.8. The molecule has 3 N–H and O–H groups in total. The van der Waals surface area contributed by atoms with Crippen molar-refractivity contribution < 1.29 is 36.3 Å². The van der Waals surface area contributed by atoms with E-state index in [2.05, 4.69) is 10.3 Å². The molecule has 1 aromatic carbocycles. The lowest BCUT2D eigenvalue weighted by Gasteiger charge is -2.21. The second-order valence-corrected chi connectivity index (χ2v) is 13.2. The monoisotopic (exact) mass is 630 g/mol. The zero-order valence-corrected chi connectivity index (χ0v) is 24.5. The van der Waals surface area contributed by atoms with E-state index < -0.39 is 49.6 Å². The van der Waals surface area contributed by atoms with Crippen LogP contribution in [0.25, 0.3) is 10.4 Å². The molecule has 16 heteroatoms. The molecule has 39 heavy (non-hydrogen) atoms. The Bertz CT molecular complexity index is 1380. The molecule has 1 aliphatic rings. The predicted octanol–water partition coefficient (Wildman–Crippen LogP) is 4.47. The van der Waals surface area contributed by atoms with Gasteiger partial charge < -0.3 is 15.3 Å². The zero-order chi connectivity index (χ0) is 29.5. The largest absolute Gasteiger partial charge is 0.404 e. The number of carbonyl (C=O) groups is 2. The highest BCUT2D eigenvalue weighted by atomic mass is 35.5. The number of thiazole rings is 1. The van der Waals surface area contributed by atoms with Crippen molar-refractivity contribution in [2.45, 2.75) is 69.3 Å². The molecular formula is C23H27Cl2F3N4O5S2. The van der Waals surface area contributed by atoms with Gasteiger partial charge in [-0.2, -0.15) is 17.9 Å². The third-order valence-corrected chi connectivity index (χ3v) is 9.59. The summed E-state index contributed by atoms with van der Waals surface area (Å²) in [6.45, 7) is 5.85. The minimum absolute atomic E-state index is 0.0683. The number of nitrogens with one attached hydrogen (secondary N) is 2. The summed E-state index contributed by atoms with van der Waals surface area (Å²) in [6, 6.07) is -0.324. The molecule has 1 aromatic heterocycles. The van der Waals surface area contributed by atoms with Crippen LogP contribution < -0.4 is 10.0 Å². The van der Waals surface area contributed by atoms with E-state index in [9.17, 15) is 36.3 Å². The topological polar surface area (TPSA) is 129 Å². The predicted molar refractivity (Wildman–Crippen MR) is 142 cm³/mol. The van der Waals surface area contributed by atoms with Gasteiger partial charge in [-0.3, -0.25) is 9.59 Å². The molecule has 1 saturated heterocycles. The van der Waals surface area contributed by atoms with Gasteiger partial charge in [0.15, 0.2) is 5.01 Å². The number of alkyl halides is 3. The van der Waals surface area contributed by atoms with E-state index >= 15 is 0 Å². The summed E-state index contributed by atoms with van der Waals surface area (Å²) in [5.41, 5.74) is -1.26. The number of nitrogens with zero attached hydrogens (tertiary/aromatic N) is 2. The van der Waals surface area contributed by atoms with Crippen LogP contribution in [0.5, 0.6) is 0 Å². The SMILES string of the molecule is C[C@H](NS(=O)(=O)c1ccc(-c2sc(C(=O)NCC(C)(C)O)nc2C(=O)N2CCC[C@@H]2C)c(Cl)c1Cl)C(F)(F)F. The summed E-state index contributed by atoms with van der Waals surface area (Å²) in [7, 11) is -4.73. The number of rotatable bonds is 8. The number of carbonyl (C=O) groups excluding carboxylic acids is 2. The Hall–Kier alpha value is -1.97. The second-order valence-electron chi connectivity index (χ2n) is 9.81. The van der Waals surface area contributed by atoms with Gasteiger partial charge in [-0.25, -0.2) is 13.4 Å². The van der Waals surface area contributed by atoms with Crippen LogP contribution in [-0.2, 0) is 10.0 Å². The molecule has 0 radical (unpaired) electrons. The van der Waals surface area contributed by atoms with E-state index in [1.165, 1.54) is 24.6 Å². The van der Waals surface area contributed by atoms with Gasteiger partial charge in [-0.1, -0.05) is 29.3 Å². The van der Waals surface area contributed by atoms with Crippen LogP contribution in [0.3, 0.4) is 0 Å². The number of amides is 2. The van der Waals surface area contributed by atoms with Crippen molar-refractivity contribution in [3.8, 4) is 10.4 Å². The smallest absolute Gasteiger partial charge is 0.389 e. The van der Waals surface area contributed by atoms with Crippen molar-refractivity contribution in [1.82, 2.24) is 19.9 Å². The fourth-order valence-corrected chi connectivity index (χ4v) is 6.92. The Kier molecular flexibility index (Phi) is 9.30. The number of sulfonamides is 1. The number of aromatic nitrogens is 1. The lowest BCUT2D eigenvalue weighted by atomic mass is 10.1. The first kappa shape index (κ1) is 31.6. The van der Waals surface area contributed by atoms with E-state index in [0.717, 1.165) is 30.2 Å². The Balaban J connectivity index is 2.08. The average Bonchev–Trinajstić information content (AvgIpc) is 3.44. The zero-order valence-electron chi connectivity index (χ0n) is 21.3. The summed E-state index contributed by atoms with van der Waals surface area (Å²) in [6.07, 6.45) is -3.30. The van der Waals surface area contributed by atoms with E-state index in [1.54, 1.807) is 4.90 Å². The quantitative estimate of drug-likeness (QED) is 0.395. The van der Waals surface area contributed by atoms with Crippen LogP contribution in [0.1, 0.15) is 60.8 Å². The van der Waals surface area contributed by atoms with Gasteiger partial charge in [0.05, 0.1) is 20.5 Å². The van der Waals surface area contributed by atoms with Gasteiger partial charge in [0.2, 0.25) is 10.0 Å². The first-order chi connectivity index (χ1) is 17.8. The maximum Gasteiger partial charge on any atom is 0.404 e. The maximum absolute atomic E-state index is 13.5. The van der Waals surface area contributed by atoms with E-state index in [1.807, 2.05) is 6.92 Å². The minimum Gasteiger partial charge on any atom is -0.389 e. The Morgan fingerprint density at radius 2 is 1.90 bits per heavy atom. The van der Waals surface area contributed by atoms with Crippen molar-refractivity contribution in [2.75, 3.05) is 13.1 Å². The van der Waals surface area contributed by atoms with Crippen LogP contribution in [0.2, 0.25) is 10.0 Å². The number of hydrogen-bond acceptors (Lipinski definition) is 7. The number of halogens is 5. The number of likely N-dealkylation sites (tertiary alicyclic amines) is 1. The number of aliphatic hydroxyl groups is 1. The molecule has 2 amide bonds. The highest BCUT2D eigenvalue weighted by Crippen LogP contribution is 2.42. The van der Waals surface area contributed by atoms with Crippen LogP contribution >= 0.6 is 34.5 Å². The summed E-state index contributed by atoms with van der Waals surface area (Å²) >= 11 is 13.4. The number of benzene rings is 1. The summed E-state index contributed by atoms with van der Waals surface area (Å²) in [4.78, 5) is 31.5. The molecule has 1 aliphatic heterocycles. The second kappa shape index (κ2) is 11.5. The third kappa shape index (κ3) is 7.22. The lowest BCUT2D eigenvalue weighted by molar-refractivity contribution is -0.147. The molecule has 0 aliphatic carbocycles. The highest BCUT2D eigenvalue weighted by Gasteiger charge is 2.40. The van der Waals surface area contributed by atoms with Gasteiger partial charge in [-0.05, 0) is 46.6 Å². The summed E-state index contributed by atoms with van der Waals surface area (Å²) < 4.78 is 65.7. The molecule has 0 saturated carbocycles. The lowest BCUT2D eigenvalue weighted by Crippen LogP contribution is -2.43. The van der Waals surface area contributed by atoms with Gasteiger partial charge in [0, 0.05) is 24.7 Å². The van der Waals surface area contributed by atoms with Crippen LogP contribution in [0, 0.1) is 0 Å². The Morgan fingerprint density at radius 3 is 2.44 bits per heavy atom. The highest BCUT2D eigenvalue weighted by molar-refractivity contribution is 7.89. The molecule has 2 heterocycles. The minimum atomic E-state index is -4.84. The standard InChI is InChI=1S/C23H27Cl2F3N4O5S2/c1-11-6-5-9-32(11)21(34)17-18(38-20(30-17)19(33)29-10-22(3,4)35)13-7-8-14(16(25)15(13)24)39(36,37)31-12(2)23(26,27)28/h7-8,11-12,31,35H,5-6,9-10H2,1-4H3,(H,29,33)/t11-,12-/m0/s1. The van der Waals surface area contributed by atoms with Gasteiger partial charge >= 0.3 is 6.18 Å². The molecule has 9 nitrogen and oxygen atoms in total. The third-order valence-electron chi connectivity index (χ3n) is 5.92. The normalized spacial score (nSPS) is 17.4.